The topological polar surface area (TPSA) is 67.8 Å². The van der Waals surface area contributed by atoms with Crippen molar-refractivity contribution >= 4 is 11.9 Å². The number of ether oxygens (including phenoxy) is 2. The Morgan fingerprint density at radius 2 is 1.62 bits per heavy atom. The minimum atomic E-state index is -0.472. The van der Waals surface area contributed by atoms with Crippen molar-refractivity contribution in [1.29, 1.82) is 0 Å². The van der Waals surface area contributed by atoms with Crippen molar-refractivity contribution in [2.24, 2.45) is 0 Å². The zero-order valence-electron chi connectivity index (χ0n) is 15.5. The van der Waals surface area contributed by atoms with E-state index in [1.54, 1.807) is 4.90 Å². The summed E-state index contributed by atoms with van der Waals surface area (Å²) in [6.45, 7) is 14.2. The Hall–Kier alpha value is -2.05. The number of aromatic nitrogens is 2. The number of hydrogen-bond donors (Lipinski definition) is 0. The average molecular weight is 336 g/mol. The summed E-state index contributed by atoms with van der Waals surface area (Å²) in [5.41, 5.74) is -0.777. The average Bonchev–Trinajstić information content (AvgIpc) is 2.44. The van der Waals surface area contributed by atoms with Crippen LogP contribution in [0.2, 0.25) is 0 Å². The summed E-state index contributed by atoms with van der Waals surface area (Å²) in [5, 5.41) is 0. The lowest BCUT2D eigenvalue weighted by Gasteiger charge is -2.36. The Balaban J connectivity index is 1.95. The summed E-state index contributed by atoms with van der Waals surface area (Å²) in [6, 6.07) is 1.84. The van der Waals surface area contributed by atoms with Crippen LogP contribution in [-0.4, -0.2) is 58.3 Å². The van der Waals surface area contributed by atoms with Crippen LogP contribution in [0.3, 0.4) is 0 Å². The molecule has 0 bridgehead atoms. The summed E-state index contributed by atoms with van der Waals surface area (Å²) < 4.78 is 11.2. The summed E-state index contributed by atoms with van der Waals surface area (Å²) in [4.78, 5) is 24.4. The van der Waals surface area contributed by atoms with Crippen molar-refractivity contribution in [3.05, 3.63) is 12.4 Å². The fourth-order valence-electron chi connectivity index (χ4n) is 2.32. The van der Waals surface area contributed by atoms with Crippen LogP contribution in [0.1, 0.15) is 41.5 Å². The van der Waals surface area contributed by atoms with Crippen LogP contribution in [0.5, 0.6) is 5.88 Å². The van der Waals surface area contributed by atoms with Crippen LogP contribution in [0, 0.1) is 0 Å². The first-order valence-corrected chi connectivity index (χ1v) is 8.27. The smallest absolute Gasteiger partial charge is 0.410 e. The van der Waals surface area contributed by atoms with E-state index in [4.69, 9.17) is 9.47 Å². The Morgan fingerprint density at radius 3 is 2.17 bits per heavy atom. The molecule has 1 aromatic rings. The predicted octanol–water partition coefficient (Wildman–Crippen LogP) is 2.71. The normalized spacial score (nSPS) is 16.1. The molecule has 134 valence electrons. The second-order valence-electron chi connectivity index (χ2n) is 7.88. The maximum absolute atomic E-state index is 12.1. The molecule has 1 saturated heterocycles. The van der Waals surface area contributed by atoms with Crippen molar-refractivity contribution in [2.75, 3.05) is 31.1 Å². The molecule has 2 rings (SSSR count). The molecule has 1 aliphatic rings. The molecule has 1 aromatic heterocycles. The number of carbonyl (C=O) groups is 1. The molecule has 7 nitrogen and oxygen atoms in total. The first-order chi connectivity index (χ1) is 11.0. The van der Waals surface area contributed by atoms with Gasteiger partial charge in [0.25, 0.3) is 0 Å². The van der Waals surface area contributed by atoms with E-state index in [1.807, 2.05) is 47.6 Å². The van der Waals surface area contributed by atoms with Crippen molar-refractivity contribution in [3.8, 4) is 5.88 Å². The number of rotatable bonds is 2. The Bertz CT molecular complexity index is 570. The van der Waals surface area contributed by atoms with E-state index in [-0.39, 0.29) is 11.7 Å². The molecular weight excluding hydrogens is 308 g/mol. The number of amides is 1. The Morgan fingerprint density at radius 1 is 1.00 bits per heavy atom. The van der Waals surface area contributed by atoms with Gasteiger partial charge in [0, 0.05) is 32.2 Å². The molecule has 0 unspecified atom stereocenters. The summed E-state index contributed by atoms with van der Waals surface area (Å²) in [7, 11) is 0. The monoisotopic (exact) mass is 336 g/mol. The molecular formula is C17H28N4O3. The second kappa shape index (κ2) is 6.83. The van der Waals surface area contributed by atoms with Gasteiger partial charge in [-0.05, 0) is 41.5 Å². The van der Waals surface area contributed by atoms with E-state index in [0.717, 1.165) is 5.82 Å². The van der Waals surface area contributed by atoms with E-state index >= 15 is 0 Å². The van der Waals surface area contributed by atoms with E-state index in [1.165, 1.54) is 6.33 Å². The number of carbonyl (C=O) groups excluding carboxylic acids is 1. The van der Waals surface area contributed by atoms with Gasteiger partial charge in [0.2, 0.25) is 5.88 Å². The van der Waals surface area contributed by atoms with Gasteiger partial charge in [-0.15, -0.1) is 0 Å². The lowest BCUT2D eigenvalue weighted by Crippen LogP contribution is -2.50. The van der Waals surface area contributed by atoms with Crippen LogP contribution >= 0.6 is 0 Å². The van der Waals surface area contributed by atoms with Gasteiger partial charge in [0.15, 0.2) is 0 Å². The van der Waals surface area contributed by atoms with Crippen molar-refractivity contribution in [1.82, 2.24) is 14.9 Å². The molecule has 0 N–H and O–H groups in total. The van der Waals surface area contributed by atoms with E-state index in [2.05, 4.69) is 14.9 Å². The third-order valence-corrected chi connectivity index (χ3v) is 3.29. The molecule has 24 heavy (non-hydrogen) atoms. The second-order valence-corrected chi connectivity index (χ2v) is 7.88. The first-order valence-electron chi connectivity index (χ1n) is 8.27. The quantitative estimate of drug-likeness (QED) is 0.827. The molecule has 0 atom stereocenters. The van der Waals surface area contributed by atoms with Gasteiger partial charge in [-0.1, -0.05) is 0 Å². The van der Waals surface area contributed by atoms with Gasteiger partial charge in [0.1, 0.15) is 23.3 Å². The predicted molar refractivity (Wildman–Crippen MR) is 92.4 cm³/mol. The zero-order chi connectivity index (χ0) is 18.0. The highest BCUT2D eigenvalue weighted by molar-refractivity contribution is 5.68. The minimum Gasteiger partial charge on any atom is -0.472 e. The molecule has 2 heterocycles. The van der Waals surface area contributed by atoms with Crippen molar-refractivity contribution in [3.63, 3.8) is 0 Å². The molecule has 1 aliphatic heterocycles. The maximum Gasteiger partial charge on any atom is 0.410 e. The lowest BCUT2D eigenvalue weighted by molar-refractivity contribution is 0.0240. The molecule has 7 heteroatoms. The Kier molecular flexibility index (Phi) is 5.20. The first kappa shape index (κ1) is 18.3. The molecule has 0 spiro atoms. The highest BCUT2D eigenvalue weighted by Crippen LogP contribution is 2.21. The van der Waals surface area contributed by atoms with E-state index in [0.29, 0.717) is 32.1 Å². The zero-order valence-corrected chi connectivity index (χ0v) is 15.5. The number of anilines is 1. The van der Waals surface area contributed by atoms with Gasteiger partial charge in [-0.25, -0.2) is 14.8 Å². The SMILES string of the molecule is CC(C)(C)OC(=O)N1CCN(c2cc(OC(C)(C)C)ncn2)CC1. The highest BCUT2D eigenvalue weighted by atomic mass is 16.6. The van der Waals surface area contributed by atoms with Gasteiger partial charge >= 0.3 is 6.09 Å². The largest absolute Gasteiger partial charge is 0.472 e. The molecule has 1 amide bonds. The van der Waals surface area contributed by atoms with Gasteiger partial charge in [-0.3, -0.25) is 0 Å². The Labute approximate surface area is 144 Å². The molecule has 0 radical (unpaired) electrons. The number of nitrogens with zero attached hydrogens (tertiary/aromatic N) is 4. The summed E-state index contributed by atoms with van der Waals surface area (Å²) >= 11 is 0. The van der Waals surface area contributed by atoms with Crippen molar-refractivity contribution in [2.45, 2.75) is 52.7 Å². The fraction of sp³-hybridized carbons (Fsp3) is 0.706. The molecule has 0 saturated carbocycles. The fourth-order valence-corrected chi connectivity index (χ4v) is 2.32. The van der Waals surface area contributed by atoms with Crippen LogP contribution in [0.15, 0.2) is 12.4 Å². The van der Waals surface area contributed by atoms with Gasteiger partial charge < -0.3 is 19.3 Å². The third-order valence-electron chi connectivity index (χ3n) is 3.29. The van der Waals surface area contributed by atoms with Crippen molar-refractivity contribution < 1.29 is 14.3 Å². The molecule has 1 fully saturated rings. The summed E-state index contributed by atoms with van der Waals surface area (Å²) in [5.74, 6) is 1.37. The number of piperazine rings is 1. The standard InChI is InChI=1S/C17H28N4O3/c1-16(2,3)23-14-11-13(18-12-19-14)20-7-9-21(10-8-20)15(22)24-17(4,5)6/h11-12H,7-10H2,1-6H3. The van der Waals surface area contributed by atoms with Crippen LogP contribution < -0.4 is 9.64 Å². The maximum atomic E-state index is 12.1. The molecule has 0 aliphatic carbocycles. The van der Waals surface area contributed by atoms with Gasteiger partial charge in [-0.2, -0.15) is 0 Å². The van der Waals surface area contributed by atoms with Gasteiger partial charge in [0.05, 0.1) is 0 Å². The van der Waals surface area contributed by atoms with E-state index in [9.17, 15) is 4.79 Å². The van der Waals surface area contributed by atoms with Crippen LogP contribution in [-0.2, 0) is 4.74 Å². The summed E-state index contributed by atoms with van der Waals surface area (Å²) in [6.07, 6.45) is 1.25. The highest BCUT2D eigenvalue weighted by Gasteiger charge is 2.26. The van der Waals surface area contributed by atoms with Crippen LogP contribution in [0.4, 0.5) is 10.6 Å². The van der Waals surface area contributed by atoms with E-state index < -0.39 is 5.60 Å². The van der Waals surface area contributed by atoms with Crippen LogP contribution in [0.25, 0.3) is 0 Å². The third kappa shape index (κ3) is 5.54. The minimum absolute atomic E-state index is 0.262. The lowest BCUT2D eigenvalue weighted by atomic mass is 10.2. The molecule has 0 aromatic carbocycles. The number of hydrogen-bond acceptors (Lipinski definition) is 6.